The second kappa shape index (κ2) is 5.02. The molecule has 2 nitrogen and oxygen atoms in total. The van der Waals surface area contributed by atoms with Crippen LogP contribution in [0, 0.1) is 5.92 Å². The Balaban J connectivity index is 1.75. The maximum absolute atomic E-state index is 10.8. The van der Waals surface area contributed by atoms with E-state index in [0.717, 1.165) is 25.8 Å². The van der Waals surface area contributed by atoms with E-state index in [1.165, 1.54) is 24.8 Å². The van der Waals surface area contributed by atoms with Crippen molar-refractivity contribution in [2.75, 3.05) is 6.54 Å². The zero-order valence-corrected chi connectivity index (χ0v) is 11.0. The van der Waals surface area contributed by atoms with Gasteiger partial charge in [-0.05, 0) is 18.4 Å². The van der Waals surface area contributed by atoms with Crippen molar-refractivity contribution in [3.63, 3.8) is 0 Å². The van der Waals surface area contributed by atoms with Crippen LogP contribution in [-0.2, 0) is 6.42 Å². The molecule has 1 aromatic carbocycles. The SMILES string of the molecule is O[C@]12CCCC[C@@H]1[C@@H](Cc1ccccc1)[NH2+]CC2. The number of hydrogen-bond donors (Lipinski definition) is 2. The Morgan fingerprint density at radius 1 is 1.17 bits per heavy atom. The highest BCUT2D eigenvalue weighted by atomic mass is 16.3. The Kier molecular flexibility index (Phi) is 3.40. The van der Waals surface area contributed by atoms with E-state index in [2.05, 4.69) is 35.6 Å². The standard InChI is InChI=1S/C16H23NO/c18-16-9-5-4-8-14(16)15(17-11-10-16)12-13-6-2-1-3-7-13/h1-3,6-7,14-15,17-18H,4-5,8-12H2/p+1/t14-,15-,16+/m1/s1. The molecule has 3 rings (SSSR count). The summed E-state index contributed by atoms with van der Waals surface area (Å²) in [4.78, 5) is 0. The van der Waals surface area contributed by atoms with Crippen LogP contribution >= 0.6 is 0 Å². The summed E-state index contributed by atoms with van der Waals surface area (Å²) in [5.74, 6) is 0.500. The number of nitrogens with two attached hydrogens (primary N) is 1. The van der Waals surface area contributed by atoms with Crippen LogP contribution in [0.25, 0.3) is 0 Å². The molecule has 1 aliphatic heterocycles. The maximum atomic E-state index is 10.8. The molecule has 98 valence electrons. The topological polar surface area (TPSA) is 36.8 Å². The molecule has 1 heterocycles. The smallest absolute Gasteiger partial charge is 0.0956 e. The molecule has 0 bridgehead atoms. The molecule has 1 saturated carbocycles. The van der Waals surface area contributed by atoms with E-state index in [1.54, 1.807) is 0 Å². The van der Waals surface area contributed by atoms with Crippen LogP contribution in [0.5, 0.6) is 0 Å². The largest absolute Gasteiger partial charge is 0.389 e. The van der Waals surface area contributed by atoms with E-state index in [9.17, 15) is 5.11 Å². The van der Waals surface area contributed by atoms with Gasteiger partial charge in [0.05, 0.1) is 18.2 Å². The van der Waals surface area contributed by atoms with Gasteiger partial charge in [0.1, 0.15) is 0 Å². The summed E-state index contributed by atoms with van der Waals surface area (Å²) >= 11 is 0. The summed E-state index contributed by atoms with van der Waals surface area (Å²) in [5, 5.41) is 13.3. The van der Waals surface area contributed by atoms with Gasteiger partial charge in [-0.25, -0.2) is 0 Å². The van der Waals surface area contributed by atoms with Gasteiger partial charge in [-0.2, -0.15) is 0 Å². The lowest BCUT2D eigenvalue weighted by molar-refractivity contribution is -0.712. The summed E-state index contributed by atoms with van der Waals surface area (Å²) in [6, 6.07) is 11.3. The highest BCUT2D eigenvalue weighted by Gasteiger charge is 2.47. The summed E-state index contributed by atoms with van der Waals surface area (Å²) in [7, 11) is 0. The summed E-state index contributed by atoms with van der Waals surface area (Å²) in [6.45, 7) is 1.09. The van der Waals surface area contributed by atoms with Gasteiger partial charge in [0.25, 0.3) is 0 Å². The van der Waals surface area contributed by atoms with Gasteiger partial charge in [0, 0.05) is 18.8 Å². The minimum absolute atomic E-state index is 0.355. The van der Waals surface area contributed by atoms with Gasteiger partial charge in [-0.3, -0.25) is 0 Å². The van der Waals surface area contributed by atoms with Crippen LogP contribution in [-0.4, -0.2) is 23.3 Å². The first-order valence-electron chi connectivity index (χ1n) is 7.38. The van der Waals surface area contributed by atoms with Crippen molar-refractivity contribution in [3.05, 3.63) is 35.9 Å². The van der Waals surface area contributed by atoms with Crippen molar-refractivity contribution < 1.29 is 10.4 Å². The molecule has 1 saturated heterocycles. The molecular formula is C16H24NO+. The second-order valence-corrected chi connectivity index (χ2v) is 6.08. The fourth-order valence-corrected chi connectivity index (χ4v) is 4.00. The van der Waals surface area contributed by atoms with E-state index in [4.69, 9.17) is 0 Å². The molecule has 3 atom stereocenters. The number of piperidine rings is 1. The molecule has 2 aliphatic rings. The van der Waals surface area contributed by atoms with Gasteiger partial charge in [0.2, 0.25) is 0 Å². The Morgan fingerprint density at radius 2 is 2.00 bits per heavy atom. The molecular weight excluding hydrogens is 222 g/mol. The maximum Gasteiger partial charge on any atom is 0.0956 e. The van der Waals surface area contributed by atoms with Gasteiger partial charge < -0.3 is 10.4 Å². The Bertz CT molecular complexity index is 387. The average molecular weight is 246 g/mol. The number of rotatable bonds is 2. The van der Waals surface area contributed by atoms with E-state index < -0.39 is 0 Å². The normalized spacial score (nSPS) is 36.1. The van der Waals surface area contributed by atoms with E-state index in [0.29, 0.717) is 12.0 Å². The highest BCUT2D eigenvalue weighted by molar-refractivity contribution is 5.16. The fourth-order valence-electron chi connectivity index (χ4n) is 4.00. The van der Waals surface area contributed by atoms with Gasteiger partial charge in [-0.1, -0.05) is 43.2 Å². The summed E-state index contributed by atoms with van der Waals surface area (Å²) < 4.78 is 0. The lowest BCUT2D eigenvalue weighted by atomic mass is 9.67. The van der Waals surface area contributed by atoms with Crippen molar-refractivity contribution in [2.24, 2.45) is 5.92 Å². The molecule has 1 aromatic rings. The molecule has 2 heteroatoms. The number of aliphatic hydroxyl groups is 1. The lowest BCUT2D eigenvalue weighted by Gasteiger charge is -2.46. The van der Waals surface area contributed by atoms with Crippen LogP contribution in [0.4, 0.5) is 0 Å². The number of hydrogen-bond acceptors (Lipinski definition) is 1. The molecule has 0 amide bonds. The summed E-state index contributed by atoms with van der Waals surface area (Å²) in [5.41, 5.74) is 1.06. The Labute approximate surface area is 109 Å². The van der Waals surface area contributed by atoms with Crippen molar-refractivity contribution >= 4 is 0 Å². The first-order valence-corrected chi connectivity index (χ1v) is 7.38. The molecule has 18 heavy (non-hydrogen) atoms. The minimum atomic E-state index is -0.355. The van der Waals surface area contributed by atoms with Crippen molar-refractivity contribution in [2.45, 2.75) is 50.2 Å². The van der Waals surface area contributed by atoms with E-state index in [-0.39, 0.29) is 5.60 Å². The third-order valence-electron chi connectivity index (χ3n) is 4.94. The Morgan fingerprint density at radius 3 is 2.83 bits per heavy atom. The highest BCUT2D eigenvalue weighted by Crippen LogP contribution is 2.39. The third-order valence-corrected chi connectivity index (χ3v) is 4.94. The first kappa shape index (κ1) is 12.2. The second-order valence-electron chi connectivity index (χ2n) is 6.08. The minimum Gasteiger partial charge on any atom is -0.389 e. The van der Waals surface area contributed by atoms with Gasteiger partial charge in [0.15, 0.2) is 0 Å². The molecule has 0 radical (unpaired) electrons. The molecule has 0 spiro atoms. The van der Waals surface area contributed by atoms with Gasteiger partial charge >= 0.3 is 0 Å². The molecule has 0 aromatic heterocycles. The lowest BCUT2D eigenvalue weighted by Crippen LogP contribution is -2.96. The first-order chi connectivity index (χ1) is 8.78. The van der Waals surface area contributed by atoms with Crippen LogP contribution < -0.4 is 5.32 Å². The van der Waals surface area contributed by atoms with Crippen molar-refractivity contribution in [1.29, 1.82) is 0 Å². The third kappa shape index (κ3) is 2.32. The fraction of sp³-hybridized carbons (Fsp3) is 0.625. The Hall–Kier alpha value is -0.860. The quantitative estimate of drug-likeness (QED) is 0.815. The predicted octanol–water partition coefficient (Wildman–Crippen LogP) is 1.49. The molecule has 3 N–H and O–H groups in total. The number of fused-ring (bicyclic) bond motifs is 1. The van der Waals surface area contributed by atoms with Crippen LogP contribution in [0.2, 0.25) is 0 Å². The van der Waals surface area contributed by atoms with E-state index >= 15 is 0 Å². The average Bonchev–Trinajstić information content (AvgIpc) is 2.39. The van der Waals surface area contributed by atoms with Crippen molar-refractivity contribution in [3.8, 4) is 0 Å². The molecule has 2 fully saturated rings. The van der Waals surface area contributed by atoms with Crippen LogP contribution in [0.15, 0.2) is 30.3 Å². The number of quaternary nitrogens is 1. The van der Waals surface area contributed by atoms with Crippen LogP contribution in [0.3, 0.4) is 0 Å². The monoisotopic (exact) mass is 246 g/mol. The number of benzene rings is 1. The molecule has 0 unspecified atom stereocenters. The zero-order valence-electron chi connectivity index (χ0n) is 11.0. The van der Waals surface area contributed by atoms with Gasteiger partial charge in [-0.15, -0.1) is 0 Å². The predicted molar refractivity (Wildman–Crippen MR) is 72.3 cm³/mol. The zero-order chi connectivity index (χ0) is 12.4. The van der Waals surface area contributed by atoms with Crippen molar-refractivity contribution in [1.82, 2.24) is 0 Å². The summed E-state index contributed by atoms with van der Waals surface area (Å²) in [6.07, 6.45) is 6.84. The van der Waals surface area contributed by atoms with E-state index in [1.807, 2.05) is 0 Å². The van der Waals surface area contributed by atoms with Crippen LogP contribution in [0.1, 0.15) is 37.7 Å². The molecule has 1 aliphatic carbocycles.